The van der Waals surface area contributed by atoms with E-state index >= 15 is 0 Å². The molecule has 0 amide bonds. The van der Waals surface area contributed by atoms with Crippen LogP contribution >= 0.6 is 0 Å². The number of hydrogen-bond acceptors (Lipinski definition) is 4. The van der Waals surface area contributed by atoms with E-state index in [4.69, 9.17) is 0 Å². The van der Waals surface area contributed by atoms with Crippen LogP contribution in [0.1, 0.15) is 129 Å². The Bertz CT molecular complexity index is 415. The summed E-state index contributed by atoms with van der Waals surface area (Å²) in [6, 6.07) is 0. The van der Waals surface area contributed by atoms with E-state index in [0.29, 0.717) is 25.7 Å². The van der Waals surface area contributed by atoms with E-state index in [1.165, 1.54) is 51.4 Å². The molecule has 0 saturated carbocycles. The van der Waals surface area contributed by atoms with E-state index in [0.717, 1.165) is 38.5 Å². The maximum atomic E-state index is 11.5. The van der Waals surface area contributed by atoms with Gasteiger partial charge in [0.2, 0.25) is 0 Å². The summed E-state index contributed by atoms with van der Waals surface area (Å²) >= 11 is 0. The van der Waals surface area contributed by atoms with Gasteiger partial charge < -0.3 is 9.66 Å². The Labute approximate surface area is 197 Å². The van der Waals surface area contributed by atoms with Crippen molar-refractivity contribution >= 4 is 10.1 Å². The molecule has 2 unspecified atom stereocenters. The molecular formula is C22H45NaO4S. The zero-order chi connectivity index (χ0) is 20.4. The van der Waals surface area contributed by atoms with Crippen molar-refractivity contribution in [1.82, 2.24) is 0 Å². The molecular weight excluding hydrogens is 383 g/mol. The summed E-state index contributed by atoms with van der Waals surface area (Å²) in [5.74, 6) is 0. The molecule has 2 atom stereocenters. The van der Waals surface area contributed by atoms with Gasteiger partial charge in [-0.1, -0.05) is 104 Å². The summed E-state index contributed by atoms with van der Waals surface area (Å²) in [4.78, 5) is 0. The summed E-state index contributed by atoms with van der Waals surface area (Å²) in [6.45, 7) is 4.35. The van der Waals surface area contributed by atoms with Gasteiger partial charge in [0.25, 0.3) is 0 Å². The van der Waals surface area contributed by atoms with Crippen molar-refractivity contribution in [2.75, 3.05) is 0 Å². The average molecular weight is 429 g/mol. The molecule has 0 saturated heterocycles. The fraction of sp³-hybridized carbons (Fsp3) is 1.00. The molecule has 1 N–H and O–H groups in total. The van der Waals surface area contributed by atoms with Crippen LogP contribution in [-0.4, -0.2) is 29.4 Å². The van der Waals surface area contributed by atoms with Crippen LogP contribution < -0.4 is 29.6 Å². The first-order valence-corrected chi connectivity index (χ1v) is 13.0. The number of rotatable bonds is 20. The van der Waals surface area contributed by atoms with Crippen molar-refractivity contribution < 1.29 is 47.6 Å². The van der Waals surface area contributed by atoms with Crippen LogP contribution in [0.25, 0.3) is 0 Å². The molecule has 0 aromatic heterocycles. The van der Waals surface area contributed by atoms with Crippen molar-refractivity contribution in [3.8, 4) is 0 Å². The molecule has 164 valence electrons. The molecule has 0 aromatic rings. The molecule has 0 fully saturated rings. The number of aliphatic hydroxyl groups is 1. The first-order valence-electron chi connectivity index (χ1n) is 11.5. The summed E-state index contributed by atoms with van der Waals surface area (Å²) in [5.41, 5.74) is 0. The van der Waals surface area contributed by atoms with Crippen LogP contribution in [0.4, 0.5) is 0 Å². The second-order valence-corrected chi connectivity index (χ2v) is 9.82. The standard InChI is InChI=1S/C22H46O4S.Na/c1-3-5-7-8-9-10-11-12-13-14-16-18-22(27(24,25)26)20-19-21(23)17-15-6-4-2;/h21-23H,3-20H2,1-2H3,(H,24,25,26);/q;+1/p-1. The fourth-order valence-corrected chi connectivity index (χ4v) is 4.50. The Hall–Kier alpha value is 0.870. The molecule has 0 rings (SSSR count). The van der Waals surface area contributed by atoms with Gasteiger partial charge in [-0.25, -0.2) is 8.42 Å². The minimum atomic E-state index is -4.26. The Morgan fingerprint density at radius 1 is 0.643 bits per heavy atom. The van der Waals surface area contributed by atoms with Crippen LogP contribution in [0.15, 0.2) is 0 Å². The average Bonchev–Trinajstić information content (AvgIpc) is 2.61. The van der Waals surface area contributed by atoms with Crippen molar-refractivity contribution in [1.29, 1.82) is 0 Å². The van der Waals surface area contributed by atoms with Gasteiger partial charge in [0.1, 0.15) is 0 Å². The van der Waals surface area contributed by atoms with Crippen molar-refractivity contribution in [2.24, 2.45) is 0 Å². The third kappa shape index (κ3) is 20.2. The first kappa shape index (κ1) is 31.1. The topological polar surface area (TPSA) is 77.4 Å². The van der Waals surface area contributed by atoms with Crippen molar-refractivity contribution in [2.45, 2.75) is 141 Å². The van der Waals surface area contributed by atoms with Gasteiger partial charge in [0, 0.05) is 5.25 Å². The number of hydrogen-bond donors (Lipinski definition) is 1. The van der Waals surface area contributed by atoms with Gasteiger partial charge in [0.05, 0.1) is 16.2 Å². The summed E-state index contributed by atoms with van der Waals surface area (Å²) in [7, 11) is -4.26. The zero-order valence-corrected chi connectivity index (χ0v) is 21.8. The molecule has 28 heavy (non-hydrogen) atoms. The molecule has 0 radical (unpaired) electrons. The molecule has 0 aliphatic heterocycles. The number of aliphatic hydroxyl groups excluding tert-OH is 1. The molecule has 0 bridgehead atoms. The molecule has 0 heterocycles. The summed E-state index contributed by atoms with van der Waals surface area (Å²) in [6.07, 6.45) is 17.9. The molecule has 0 spiro atoms. The van der Waals surface area contributed by atoms with Crippen molar-refractivity contribution in [3.63, 3.8) is 0 Å². The normalized spacial score (nSPS) is 13.9. The Morgan fingerprint density at radius 2 is 1.04 bits per heavy atom. The largest absolute Gasteiger partial charge is 1.00 e. The van der Waals surface area contributed by atoms with E-state index in [1.807, 2.05) is 0 Å². The maximum absolute atomic E-state index is 11.5. The molecule has 0 aromatic carbocycles. The summed E-state index contributed by atoms with van der Waals surface area (Å²) in [5, 5.41) is 9.13. The Morgan fingerprint density at radius 3 is 1.50 bits per heavy atom. The van der Waals surface area contributed by atoms with Gasteiger partial charge in [-0.2, -0.15) is 0 Å². The second kappa shape index (κ2) is 21.1. The van der Waals surface area contributed by atoms with Crippen molar-refractivity contribution in [3.05, 3.63) is 0 Å². The quantitative estimate of drug-likeness (QED) is 0.183. The van der Waals surface area contributed by atoms with Crippen LogP contribution in [0.3, 0.4) is 0 Å². The Kier molecular flexibility index (Phi) is 23.4. The Balaban J connectivity index is 0. The molecule has 0 aliphatic rings. The predicted octanol–water partition coefficient (Wildman–Crippen LogP) is 3.33. The van der Waals surface area contributed by atoms with E-state index in [2.05, 4.69) is 13.8 Å². The van der Waals surface area contributed by atoms with Crippen LogP contribution in [-0.2, 0) is 10.1 Å². The second-order valence-electron chi connectivity index (χ2n) is 8.17. The van der Waals surface area contributed by atoms with E-state index in [9.17, 15) is 18.1 Å². The zero-order valence-electron chi connectivity index (χ0n) is 19.0. The van der Waals surface area contributed by atoms with Crippen LogP contribution in [0.2, 0.25) is 0 Å². The minimum absolute atomic E-state index is 0. The van der Waals surface area contributed by atoms with E-state index < -0.39 is 21.5 Å². The number of unbranched alkanes of at least 4 members (excludes halogenated alkanes) is 12. The first-order chi connectivity index (χ1) is 12.9. The smallest absolute Gasteiger partial charge is 0.748 e. The van der Waals surface area contributed by atoms with E-state index in [1.54, 1.807) is 0 Å². The SMILES string of the molecule is CCCCCCCCCCCCCC(CCC(O)CCCCC)S(=O)(=O)[O-].[Na+]. The minimum Gasteiger partial charge on any atom is -0.748 e. The molecule has 0 aliphatic carbocycles. The monoisotopic (exact) mass is 428 g/mol. The third-order valence-electron chi connectivity index (χ3n) is 5.50. The predicted molar refractivity (Wildman–Crippen MR) is 114 cm³/mol. The van der Waals surface area contributed by atoms with Crippen LogP contribution in [0, 0.1) is 0 Å². The summed E-state index contributed by atoms with van der Waals surface area (Å²) < 4.78 is 34.4. The molecule has 6 heteroatoms. The van der Waals surface area contributed by atoms with Gasteiger partial charge >= 0.3 is 29.6 Å². The van der Waals surface area contributed by atoms with E-state index in [-0.39, 0.29) is 29.6 Å². The third-order valence-corrected chi connectivity index (χ3v) is 6.79. The maximum Gasteiger partial charge on any atom is 1.00 e. The van der Waals surface area contributed by atoms with Gasteiger partial charge in [-0.3, -0.25) is 0 Å². The van der Waals surface area contributed by atoms with Gasteiger partial charge in [0.15, 0.2) is 0 Å². The molecule has 4 nitrogen and oxygen atoms in total. The fourth-order valence-electron chi connectivity index (χ4n) is 3.62. The van der Waals surface area contributed by atoms with Crippen LogP contribution in [0.5, 0.6) is 0 Å². The van der Waals surface area contributed by atoms with Gasteiger partial charge in [-0.15, -0.1) is 0 Å². The van der Waals surface area contributed by atoms with Gasteiger partial charge in [-0.05, 0) is 25.7 Å².